The highest BCUT2D eigenvalue weighted by atomic mass is 16.5. The van der Waals surface area contributed by atoms with Gasteiger partial charge in [-0.2, -0.15) is 5.10 Å². The summed E-state index contributed by atoms with van der Waals surface area (Å²) in [7, 11) is 1.59. The van der Waals surface area contributed by atoms with Gasteiger partial charge in [-0.1, -0.05) is 36.4 Å². The number of carbonyl (C=O) groups is 1. The van der Waals surface area contributed by atoms with Crippen molar-refractivity contribution in [3.8, 4) is 5.75 Å². The fourth-order valence-corrected chi connectivity index (χ4v) is 2.63. The molecule has 5 nitrogen and oxygen atoms in total. The van der Waals surface area contributed by atoms with Crippen LogP contribution in [0.5, 0.6) is 5.75 Å². The molecule has 0 fully saturated rings. The zero-order valence-electron chi connectivity index (χ0n) is 13.4. The van der Waals surface area contributed by atoms with Crippen LogP contribution in [0.2, 0.25) is 0 Å². The average Bonchev–Trinajstić information content (AvgIpc) is 2.62. The molecule has 1 unspecified atom stereocenters. The predicted octanol–water partition coefficient (Wildman–Crippen LogP) is 2.73. The second kappa shape index (κ2) is 7.00. The van der Waals surface area contributed by atoms with Gasteiger partial charge < -0.3 is 10.5 Å². The van der Waals surface area contributed by atoms with Crippen LogP contribution in [0.4, 0.5) is 5.69 Å². The Morgan fingerprint density at radius 2 is 1.88 bits per heavy atom. The van der Waals surface area contributed by atoms with E-state index in [4.69, 9.17) is 10.5 Å². The molecule has 0 amide bonds. The molecular formula is C19H19N3O2. The number of nitrogens with zero attached hydrogens (tertiary/aromatic N) is 2. The number of benzene rings is 2. The molecule has 122 valence electrons. The van der Waals surface area contributed by atoms with Crippen molar-refractivity contribution in [3.05, 3.63) is 72.4 Å². The number of Topliss-reactive ketones (excluding diaryl/α,β-unsaturated/α-hetero) is 1. The minimum Gasteiger partial charge on any atom is -0.496 e. The van der Waals surface area contributed by atoms with E-state index in [9.17, 15) is 4.79 Å². The van der Waals surface area contributed by atoms with Crippen LogP contribution in [0.1, 0.15) is 5.56 Å². The molecule has 2 N–H and O–H groups in total. The Kier molecular flexibility index (Phi) is 4.61. The molecule has 1 heterocycles. The molecule has 3 rings (SSSR count). The van der Waals surface area contributed by atoms with Crippen LogP contribution >= 0.6 is 0 Å². The molecule has 2 aromatic rings. The molecule has 0 aromatic heterocycles. The molecule has 5 heteroatoms. The van der Waals surface area contributed by atoms with Crippen LogP contribution in [-0.2, 0) is 11.2 Å². The first-order valence-electron chi connectivity index (χ1n) is 7.70. The van der Waals surface area contributed by atoms with Gasteiger partial charge in [0.25, 0.3) is 0 Å². The first-order valence-corrected chi connectivity index (χ1v) is 7.70. The van der Waals surface area contributed by atoms with Crippen molar-refractivity contribution in [1.29, 1.82) is 0 Å². The van der Waals surface area contributed by atoms with Crippen molar-refractivity contribution in [2.45, 2.75) is 6.42 Å². The van der Waals surface area contributed by atoms with Crippen LogP contribution in [0.25, 0.3) is 0 Å². The van der Waals surface area contributed by atoms with Gasteiger partial charge >= 0.3 is 0 Å². The number of nitrogens with two attached hydrogens (primary N) is 1. The highest BCUT2D eigenvalue weighted by molar-refractivity contribution is 6.06. The fraction of sp³-hybridized carbons (Fsp3) is 0.158. The van der Waals surface area contributed by atoms with Gasteiger partial charge in [0, 0.05) is 18.2 Å². The maximum Gasteiger partial charge on any atom is 0.151 e. The lowest BCUT2D eigenvalue weighted by Gasteiger charge is -2.23. The summed E-state index contributed by atoms with van der Waals surface area (Å²) >= 11 is 0. The van der Waals surface area contributed by atoms with Gasteiger partial charge in [0.2, 0.25) is 0 Å². The molecular weight excluding hydrogens is 302 g/mol. The monoisotopic (exact) mass is 321 g/mol. The van der Waals surface area contributed by atoms with Gasteiger partial charge in [-0.3, -0.25) is 4.79 Å². The van der Waals surface area contributed by atoms with Crippen molar-refractivity contribution >= 4 is 17.3 Å². The number of amidine groups is 1. The maximum absolute atomic E-state index is 12.6. The Morgan fingerprint density at radius 1 is 1.17 bits per heavy atom. The predicted molar refractivity (Wildman–Crippen MR) is 94.9 cm³/mol. The summed E-state index contributed by atoms with van der Waals surface area (Å²) in [6, 6.07) is 17.1. The van der Waals surface area contributed by atoms with Crippen LogP contribution in [0.3, 0.4) is 0 Å². The molecule has 0 radical (unpaired) electrons. The van der Waals surface area contributed by atoms with Crippen LogP contribution < -0.4 is 15.5 Å². The highest BCUT2D eigenvalue weighted by Gasteiger charge is 2.24. The molecule has 2 aromatic carbocycles. The van der Waals surface area contributed by atoms with Crippen molar-refractivity contribution in [3.63, 3.8) is 0 Å². The summed E-state index contributed by atoms with van der Waals surface area (Å²) in [5.41, 5.74) is 7.78. The lowest BCUT2D eigenvalue weighted by molar-refractivity contribution is -0.119. The van der Waals surface area contributed by atoms with Crippen molar-refractivity contribution in [1.82, 2.24) is 0 Å². The molecule has 1 aliphatic rings. The molecule has 0 saturated carbocycles. The third-order valence-electron chi connectivity index (χ3n) is 3.89. The zero-order chi connectivity index (χ0) is 16.9. The first-order chi connectivity index (χ1) is 11.7. The maximum atomic E-state index is 12.6. The van der Waals surface area contributed by atoms with Crippen molar-refractivity contribution in [2.75, 3.05) is 12.1 Å². The van der Waals surface area contributed by atoms with Crippen LogP contribution in [-0.4, -0.2) is 18.7 Å². The zero-order valence-corrected chi connectivity index (χ0v) is 13.4. The van der Waals surface area contributed by atoms with Crippen molar-refractivity contribution < 1.29 is 9.53 Å². The standard InChI is InChI=1S/C19H19N3O2/c1-24-18-10-6-5-7-14(18)13-17(23)16-11-12-22(21-19(16)20)15-8-3-2-4-9-15/h2-12,16H,13H2,1H3,(H2,20,21). The number of ether oxygens (including phenoxy) is 1. The summed E-state index contributed by atoms with van der Waals surface area (Å²) < 4.78 is 5.30. The molecule has 0 saturated heterocycles. The SMILES string of the molecule is COc1ccccc1CC(=O)C1C=CN(c2ccccc2)N=C1N. The number of carbonyl (C=O) groups excluding carboxylic acids is 1. The quantitative estimate of drug-likeness (QED) is 0.919. The van der Waals surface area contributed by atoms with E-state index < -0.39 is 5.92 Å². The number of rotatable bonds is 5. The van der Waals surface area contributed by atoms with Gasteiger partial charge in [-0.05, 0) is 24.3 Å². The van der Waals surface area contributed by atoms with Gasteiger partial charge in [-0.15, -0.1) is 0 Å². The normalized spacial score (nSPS) is 16.6. The number of anilines is 1. The average molecular weight is 321 g/mol. The number of hydrogen-bond donors (Lipinski definition) is 1. The number of hydrogen-bond acceptors (Lipinski definition) is 5. The van der Waals surface area contributed by atoms with E-state index in [0.717, 1.165) is 11.3 Å². The van der Waals surface area contributed by atoms with E-state index in [2.05, 4.69) is 5.10 Å². The summed E-state index contributed by atoms with van der Waals surface area (Å²) in [6.45, 7) is 0. The van der Waals surface area contributed by atoms with E-state index in [1.807, 2.05) is 54.6 Å². The van der Waals surface area contributed by atoms with Gasteiger partial charge in [0.1, 0.15) is 11.6 Å². The second-order valence-electron chi connectivity index (χ2n) is 5.48. The molecule has 1 aliphatic heterocycles. The Labute approximate surface area is 141 Å². The lowest BCUT2D eigenvalue weighted by atomic mass is 9.95. The van der Waals surface area contributed by atoms with Gasteiger partial charge in [0.15, 0.2) is 5.78 Å². The second-order valence-corrected chi connectivity index (χ2v) is 5.48. The molecule has 24 heavy (non-hydrogen) atoms. The summed E-state index contributed by atoms with van der Waals surface area (Å²) in [5, 5.41) is 6.00. The van der Waals surface area contributed by atoms with E-state index in [1.54, 1.807) is 24.4 Å². The van der Waals surface area contributed by atoms with Crippen molar-refractivity contribution in [2.24, 2.45) is 16.8 Å². The largest absolute Gasteiger partial charge is 0.496 e. The Balaban J connectivity index is 1.74. The number of methoxy groups -OCH3 is 1. The Hall–Kier alpha value is -3.08. The number of ketones is 1. The first kappa shape index (κ1) is 15.8. The number of para-hydroxylation sites is 2. The highest BCUT2D eigenvalue weighted by Crippen LogP contribution is 2.22. The minimum atomic E-state index is -0.519. The molecule has 1 atom stereocenters. The summed E-state index contributed by atoms with van der Waals surface area (Å²) in [5.74, 6) is 0.466. The number of hydrazone groups is 1. The third-order valence-corrected chi connectivity index (χ3v) is 3.89. The fourth-order valence-electron chi connectivity index (χ4n) is 2.63. The summed E-state index contributed by atoms with van der Waals surface area (Å²) in [4.78, 5) is 12.6. The van der Waals surface area contributed by atoms with Crippen LogP contribution in [0.15, 0.2) is 72.0 Å². The smallest absolute Gasteiger partial charge is 0.151 e. The van der Waals surface area contributed by atoms with E-state index in [1.165, 1.54) is 0 Å². The van der Waals surface area contributed by atoms with E-state index in [-0.39, 0.29) is 12.2 Å². The van der Waals surface area contributed by atoms with E-state index >= 15 is 0 Å². The minimum absolute atomic E-state index is 0.00953. The third kappa shape index (κ3) is 3.30. The molecule has 0 bridgehead atoms. The Morgan fingerprint density at radius 3 is 2.58 bits per heavy atom. The van der Waals surface area contributed by atoms with Gasteiger partial charge in [-0.25, -0.2) is 5.01 Å². The topological polar surface area (TPSA) is 67.9 Å². The Bertz CT molecular complexity index is 784. The molecule has 0 spiro atoms. The molecule has 0 aliphatic carbocycles. The summed E-state index contributed by atoms with van der Waals surface area (Å²) in [6.07, 6.45) is 3.81. The lowest BCUT2D eigenvalue weighted by Crippen LogP contribution is -2.35. The van der Waals surface area contributed by atoms with E-state index in [0.29, 0.717) is 11.6 Å². The van der Waals surface area contributed by atoms with Crippen LogP contribution in [0, 0.1) is 5.92 Å². The van der Waals surface area contributed by atoms with Gasteiger partial charge in [0.05, 0.1) is 18.7 Å².